The lowest BCUT2D eigenvalue weighted by atomic mass is 10.0. The molecule has 2 aromatic heterocycles. The summed E-state index contributed by atoms with van der Waals surface area (Å²) in [6, 6.07) is 27.7. The zero-order chi connectivity index (χ0) is 24.5. The van der Waals surface area contributed by atoms with Gasteiger partial charge in [0, 0.05) is 12.1 Å². The van der Waals surface area contributed by atoms with E-state index in [2.05, 4.69) is 33.6 Å². The van der Waals surface area contributed by atoms with Crippen molar-refractivity contribution >= 4 is 38.5 Å². The molecule has 0 bridgehead atoms. The number of carbonyl (C=O) groups excluding carboxylic acids is 1. The maximum absolute atomic E-state index is 13.2. The van der Waals surface area contributed by atoms with Crippen LogP contribution in [0.15, 0.2) is 102 Å². The summed E-state index contributed by atoms with van der Waals surface area (Å²) in [6.45, 7) is 1.19. The number of nitrogens with zero attached hydrogens (tertiary/aromatic N) is 4. The van der Waals surface area contributed by atoms with E-state index in [1.807, 2.05) is 66.7 Å². The summed E-state index contributed by atoms with van der Waals surface area (Å²) in [5, 5.41) is 12.0. The molecule has 0 aliphatic carbocycles. The highest BCUT2D eigenvalue weighted by Gasteiger charge is 2.13. The second kappa shape index (κ2) is 9.11. The third-order valence-electron chi connectivity index (χ3n) is 6.49. The van der Waals surface area contributed by atoms with Crippen LogP contribution >= 0.6 is 0 Å². The molecule has 1 amide bonds. The lowest BCUT2D eigenvalue weighted by molar-refractivity contribution is 0.0953. The SMILES string of the molecule is O=C(NCCn1ncc2c(=O)n(Cc3cccc4ccccc34)cnc21)c1cccc2ccccc12. The second-order valence-electron chi connectivity index (χ2n) is 8.70. The Bertz CT molecular complexity index is 1790. The molecule has 0 aliphatic heterocycles. The minimum atomic E-state index is -0.145. The first-order chi connectivity index (χ1) is 17.7. The van der Waals surface area contributed by atoms with Crippen LogP contribution in [0.2, 0.25) is 0 Å². The van der Waals surface area contributed by atoms with Crippen LogP contribution in [-0.2, 0) is 13.1 Å². The average molecular weight is 474 g/mol. The van der Waals surface area contributed by atoms with Crippen molar-refractivity contribution in [2.24, 2.45) is 0 Å². The quantitative estimate of drug-likeness (QED) is 0.389. The van der Waals surface area contributed by atoms with Crippen LogP contribution in [-0.4, -0.2) is 31.8 Å². The fourth-order valence-electron chi connectivity index (χ4n) is 4.68. The number of rotatable bonds is 6. The van der Waals surface area contributed by atoms with Crippen molar-refractivity contribution in [3.63, 3.8) is 0 Å². The first-order valence-electron chi connectivity index (χ1n) is 11.8. The van der Waals surface area contributed by atoms with E-state index in [1.165, 1.54) is 0 Å². The summed E-state index contributed by atoms with van der Waals surface area (Å²) in [4.78, 5) is 30.5. The molecule has 0 atom stereocenters. The van der Waals surface area contributed by atoms with E-state index < -0.39 is 0 Å². The Hall–Kier alpha value is -4.78. The van der Waals surface area contributed by atoms with Gasteiger partial charge in [-0.25, -0.2) is 9.67 Å². The third kappa shape index (κ3) is 3.90. The molecule has 0 saturated carbocycles. The van der Waals surface area contributed by atoms with Crippen LogP contribution in [0.25, 0.3) is 32.6 Å². The lowest BCUT2D eigenvalue weighted by Gasteiger charge is -2.10. The van der Waals surface area contributed by atoms with Crippen LogP contribution < -0.4 is 10.9 Å². The Morgan fingerprint density at radius 1 is 0.806 bits per heavy atom. The molecule has 7 heteroatoms. The number of aromatic nitrogens is 4. The van der Waals surface area contributed by atoms with Crippen molar-refractivity contribution in [3.8, 4) is 0 Å². The van der Waals surface area contributed by atoms with Crippen molar-refractivity contribution in [3.05, 3.63) is 119 Å². The highest BCUT2D eigenvalue weighted by atomic mass is 16.1. The topological polar surface area (TPSA) is 81.8 Å². The molecule has 6 rings (SSSR count). The second-order valence-corrected chi connectivity index (χ2v) is 8.70. The molecular weight excluding hydrogens is 450 g/mol. The van der Waals surface area contributed by atoms with Gasteiger partial charge in [-0.05, 0) is 33.2 Å². The van der Waals surface area contributed by atoms with Gasteiger partial charge >= 0.3 is 0 Å². The van der Waals surface area contributed by atoms with Gasteiger partial charge in [-0.15, -0.1) is 0 Å². The Morgan fingerprint density at radius 2 is 1.50 bits per heavy atom. The van der Waals surface area contributed by atoms with E-state index in [9.17, 15) is 9.59 Å². The highest BCUT2D eigenvalue weighted by Crippen LogP contribution is 2.20. The predicted molar refractivity (Wildman–Crippen MR) is 141 cm³/mol. The molecule has 1 N–H and O–H groups in total. The first kappa shape index (κ1) is 21.7. The van der Waals surface area contributed by atoms with Gasteiger partial charge in [0.2, 0.25) is 0 Å². The minimum absolute atomic E-state index is 0.140. The van der Waals surface area contributed by atoms with Gasteiger partial charge in [0.25, 0.3) is 11.5 Å². The largest absolute Gasteiger partial charge is 0.350 e. The van der Waals surface area contributed by atoms with Crippen molar-refractivity contribution in [2.75, 3.05) is 6.54 Å². The number of benzene rings is 4. The summed E-state index contributed by atoms with van der Waals surface area (Å²) in [5.74, 6) is -0.145. The van der Waals surface area contributed by atoms with Gasteiger partial charge in [-0.1, -0.05) is 78.9 Å². The molecule has 0 unspecified atom stereocenters. The molecule has 0 spiro atoms. The highest BCUT2D eigenvalue weighted by molar-refractivity contribution is 6.07. The summed E-state index contributed by atoms with van der Waals surface area (Å²) < 4.78 is 3.26. The van der Waals surface area contributed by atoms with E-state index in [0.717, 1.165) is 27.1 Å². The number of amides is 1. The minimum Gasteiger partial charge on any atom is -0.350 e. The zero-order valence-corrected chi connectivity index (χ0v) is 19.5. The van der Waals surface area contributed by atoms with E-state index in [4.69, 9.17) is 0 Å². The maximum Gasteiger partial charge on any atom is 0.264 e. The number of nitrogens with one attached hydrogen (secondary N) is 1. The van der Waals surface area contributed by atoms with Crippen LogP contribution in [0.5, 0.6) is 0 Å². The normalized spacial score (nSPS) is 11.3. The third-order valence-corrected chi connectivity index (χ3v) is 6.49. The summed E-state index contributed by atoms with van der Waals surface area (Å²) in [7, 11) is 0. The molecule has 2 heterocycles. The van der Waals surface area contributed by atoms with Crippen molar-refractivity contribution < 1.29 is 4.79 Å². The summed E-state index contributed by atoms with van der Waals surface area (Å²) >= 11 is 0. The summed E-state index contributed by atoms with van der Waals surface area (Å²) in [6.07, 6.45) is 3.12. The van der Waals surface area contributed by atoms with Crippen LogP contribution in [0.4, 0.5) is 0 Å². The molecule has 0 radical (unpaired) electrons. The van der Waals surface area contributed by atoms with Gasteiger partial charge in [0.15, 0.2) is 5.65 Å². The smallest absolute Gasteiger partial charge is 0.264 e. The monoisotopic (exact) mass is 473 g/mol. The molecule has 6 aromatic rings. The summed E-state index contributed by atoms with van der Waals surface area (Å²) in [5.41, 5.74) is 2.06. The van der Waals surface area contributed by atoms with Gasteiger partial charge in [0.1, 0.15) is 11.7 Å². The number of carbonyl (C=O) groups is 1. The number of hydrogen-bond donors (Lipinski definition) is 1. The van der Waals surface area contributed by atoms with Crippen molar-refractivity contribution in [2.45, 2.75) is 13.1 Å². The van der Waals surface area contributed by atoms with Crippen LogP contribution in [0.1, 0.15) is 15.9 Å². The van der Waals surface area contributed by atoms with Gasteiger partial charge in [-0.2, -0.15) is 5.10 Å². The lowest BCUT2D eigenvalue weighted by Crippen LogP contribution is -2.28. The standard InChI is InChI=1S/C29H23N5O2/c35-28(25-14-6-10-21-8-2-4-13-24(21)25)30-15-16-34-27-26(17-32-34)29(36)33(19-31-27)18-22-11-5-9-20-7-1-3-12-23(20)22/h1-14,17,19H,15-16,18H2,(H,30,35). The molecule has 36 heavy (non-hydrogen) atoms. The first-order valence-corrected chi connectivity index (χ1v) is 11.8. The van der Waals surface area contributed by atoms with Crippen molar-refractivity contribution in [1.82, 2.24) is 24.6 Å². The average Bonchev–Trinajstić information content (AvgIpc) is 3.33. The Balaban J connectivity index is 1.20. The predicted octanol–water partition coefficient (Wildman–Crippen LogP) is 4.38. The van der Waals surface area contributed by atoms with E-state index >= 15 is 0 Å². The Morgan fingerprint density at radius 3 is 2.33 bits per heavy atom. The van der Waals surface area contributed by atoms with Crippen LogP contribution in [0, 0.1) is 0 Å². The van der Waals surface area contributed by atoms with Gasteiger partial charge in [-0.3, -0.25) is 14.2 Å². The molecule has 4 aromatic carbocycles. The molecule has 7 nitrogen and oxygen atoms in total. The maximum atomic E-state index is 13.2. The molecule has 0 aliphatic rings. The Labute approximate surface area is 206 Å². The van der Waals surface area contributed by atoms with Crippen LogP contribution in [0.3, 0.4) is 0 Å². The number of fused-ring (bicyclic) bond motifs is 3. The molecular formula is C29H23N5O2. The fourth-order valence-corrected chi connectivity index (χ4v) is 4.68. The molecule has 0 fully saturated rings. The van der Waals surface area contributed by atoms with E-state index in [0.29, 0.717) is 36.2 Å². The molecule has 176 valence electrons. The van der Waals surface area contributed by atoms with E-state index in [1.54, 1.807) is 21.8 Å². The van der Waals surface area contributed by atoms with Gasteiger partial charge in [0.05, 0.1) is 19.3 Å². The van der Waals surface area contributed by atoms with E-state index in [-0.39, 0.29) is 11.5 Å². The Kier molecular flexibility index (Phi) is 5.50. The fraction of sp³-hybridized carbons (Fsp3) is 0.103. The van der Waals surface area contributed by atoms with Crippen molar-refractivity contribution in [1.29, 1.82) is 0 Å². The number of hydrogen-bond acceptors (Lipinski definition) is 4. The molecule has 0 saturated heterocycles. The zero-order valence-electron chi connectivity index (χ0n) is 19.5. The van der Waals surface area contributed by atoms with Gasteiger partial charge < -0.3 is 5.32 Å².